The van der Waals surface area contributed by atoms with Gasteiger partial charge in [0.1, 0.15) is 6.04 Å². The zero-order chi connectivity index (χ0) is 15.0. The van der Waals surface area contributed by atoms with E-state index in [1.54, 1.807) is 11.8 Å². The second kappa shape index (κ2) is 5.46. The van der Waals surface area contributed by atoms with Gasteiger partial charge in [0.2, 0.25) is 11.8 Å². The van der Waals surface area contributed by atoms with Gasteiger partial charge in [-0.25, -0.2) is 4.79 Å². The highest BCUT2D eigenvalue weighted by Gasteiger charge is 2.49. The van der Waals surface area contributed by atoms with Crippen LogP contribution in [0, 0.1) is 18.8 Å². The minimum atomic E-state index is -0.883. The van der Waals surface area contributed by atoms with Crippen LogP contribution in [0.2, 0.25) is 0 Å². The number of carboxylic acid groups (broad SMARTS) is 1. The summed E-state index contributed by atoms with van der Waals surface area (Å²) in [7, 11) is 0. The van der Waals surface area contributed by atoms with Crippen molar-refractivity contribution in [1.29, 1.82) is 0 Å². The summed E-state index contributed by atoms with van der Waals surface area (Å²) in [6, 6.07) is -0.658. The first-order valence-corrected chi connectivity index (χ1v) is 7.37. The monoisotopic (exact) mass is 293 g/mol. The van der Waals surface area contributed by atoms with Gasteiger partial charge < -0.3 is 14.5 Å². The zero-order valence-corrected chi connectivity index (χ0v) is 12.0. The van der Waals surface area contributed by atoms with E-state index in [2.05, 4.69) is 10.1 Å². The molecule has 114 valence electrons. The number of amides is 1. The van der Waals surface area contributed by atoms with Gasteiger partial charge in [0.25, 0.3) is 0 Å². The molecule has 1 saturated carbocycles. The lowest BCUT2D eigenvalue weighted by molar-refractivity contribution is -0.149. The number of rotatable bonds is 4. The third-order valence-electron chi connectivity index (χ3n) is 4.59. The molecule has 0 bridgehead atoms. The smallest absolute Gasteiger partial charge is 0.326 e. The van der Waals surface area contributed by atoms with Crippen LogP contribution < -0.4 is 0 Å². The van der Waals surface area contributed by atoms with Crippen molar-refractivity contribution in [1.82, 2.24) is 15.0 Å². The van der Waals surface area contributed by atoms with Crippen molar-refractivity contribution in [2.45, 2.75) is 45.1 Å². The molecule has 3 unspecified atom stereocenters. The molecule has 1 aliphatic carbocycles. The molecule has 2 heterocycles. The molecule has 7 heteroatoms. The van der Waals surface area contributed by atoms with Crippen LogP contribution in [0.4, 0.5) is 0 Å². The number of hydrogen-bond acceptors (Lipinski definition) is 5. The van der Waals surface area contributed by atoms with E-state index in [1.807, 2.05) is 0 Å². The van der Waals surface area contributed by atoms with E-state index in [-0.39, 0.29) is 18.2 Å². The zero-order valence-electron chi connectivity index (χ0n) is 12.0. The number of carbonyl (C=O) groups is 2. The summed E-state index contributed by atoms with van der Waals surface area (Å²) in [5.74, 6) is 0.417. The molecule has 7 nitrogen and oxygen atoms in total. The van der Waals surface area contributed by atoms with Crippen LogP contribution in [0.1, 0.15) is 37.4 Å². The molecule has 0 aromatic carbocycles. The fraction of sp³-hybridized carbons (Fsp3) is 0.714. The van der Waals surface area contributed by atoms with E-state index in [1.165, 1.54) is 0 Å². The van der Waals surface area contributed by atoms with Gasteiger partial charge in [-0.2, -0.15) is 4.98 Å². The van der Waals surface area contributed by atoms with Gasteiger partial charge in [-0.3, -0.25) is 4.79 Å². The Hall–Kier alpha value is -1.92. The van der Waals surface area contributed by atoms with Crippen molar-refractivity contribution in [2.24, 2.45) is 11.8 Å². The van der Waals surface area contributed by atoms with Crippen molar-refractivity contribution < 1.29 is 19.2 Å². The highest BCUT2D eigenvalue weighted by atomic mass is 16.5. The van der Waals surface area contributed by atoms with E-state index in [0.717, 1.165) is 19.3 Å². The Labute approximate surface area is 122 Å². The molecular formula is C14H19N3O4. The molecule has 3 atom stereocenters. The van der Waals surface area contributed by atoms with Crippen LogP contribution >= 0.6 is 0 Å². The molecule has 3 rings (SSSR count). The fourth-order valence-electron chi connectivity index (χ4n) is 3.68. The normalized spacial score (nSPS) is 27.9. The summed E-state index contributed by atoms with van der Waals surface area (Å²) in [6.07, 6.45) is 3.58. The molecule has 0 radical (unpaired) electrons. The van der Waals surface area contributed by atoms with E-state index in [4.69, 9.17) is 4.52 Å². The molecular weight excluding hydrogens is 274 g/mol. The molecule has 2 fully saturated rings. The SMILES string of the molecule is Cc1noc(CCC(=O)N2CC3CCCC3C2C(=O)O)n1. The van der Waals surface area contributed by atoms with Crippen LogP contribution in [-0.4, -0.2) is 44.6 Å². The summed E-state index contributed by atoms with van der Waals surface area (Å²) in [6.45, 7) is 2.29. The van der Waals surface area contributed by atoms with Gasteiger partial charge >= 0.3 is 5.97 Å². The molecule has 21 heavy (non-hydrogen) atoms. The minimum absolute atomic E-state index is 0.122. The van der Waals surface area contributed by atoms with Crippen molar-refractivity contribution in [2.75, 3.05) is 6.54 Å². The van der Waals surface area contributed by atoms with Gasteiger partial charge in [0.15, 0.2) is 5.82 Å². The number of aliphatic carboxylic acids is 1. The number of likely N-dealkylation sites (tertiary alicyclic amines) is 1. The Balaban J connectivity index is 1.64. The lowest BCUT2D eigenvalue weighted by Gasteiger charge is -2.24. The van der Waals surface area contributed by atoms with Gasteiger partial charge in [0, 0.05) is 19.4 Å². The minimum Gasteiger partial charge on any atom is -0.480 e. The van der Waals surface area contributed by atoms with Crippen molar-refractivity contribution in [3.63, 3.8) is 0 Å². The molecule has 1 saturated heterocycles. The van der Waals surface area contributed by atoms with E-state index in [9.17, 15) is 14.7 Å². The van der Waals surface area contributed by atoms with Crippen molar-refractivity contribution >= 4 is 11.9 Å². The first-order chi connectivity index (χ1) is 10.1. The summed E-state index contributed by atoms with van der Waals surface area (Å²) in [4.78, 5) is 29.4. The number of carboxylic acids is 1. The van der Waals surface area contributed by atoms with E-state index >= 15 is 0 Å². The van der Waals surface area contributed by atoms with Crippen LogP contribution in [0.3, 0.4) is 0 Å². The van der Waals surface area contributed by atoms with Crippen LogP contribution in [-0.2, 0) is 16.0 Å². The Morgan fingerprint density at radius 3 is 2.90 bits per heavy atom. The van der Waals surface area contributed by atoms with Gasteiger partial charge in [-0.15, -0.1) is 0 Å². The average molecular weight is 293 g/mol. The predicted molar refractivity (Wildman–Crippen MR) is 71.3 cm³/mol. The Morgan fingerprint density at radius 1 is 1.43 bits per heavy atom. The lowest BCUT2D eigenvalue weighted by atomic mass is 9.94. The maximum atomic E-state index is 12.3. The Morgan fingerprint density at radius 2 is 2.24 bits per heavy atom. The van der Waals surface area contributed by atoms with Crippen molar-refractivity contribution in [3.05, 3.63) is 11.7 Å². The lowest BCUT2D eigenvalue weighted by Crippen LogP contribution is -2.43. The highest BCUT2D eigenvalue weighted by Crippen LogP contribution is 2.42. The maximum absolute atomic E-state index is 12.3. The van der Waals surface area contributed by atoms with Crippen LogP contribution in [0.5, 0.6) is 0 Å². The number of carbonyl (C=O) groups excluding carboxylic acids is 1. The summed E-state index contributed by atoms with van der Waals surface area (Å²) >= 11 is 0. The summed E-state index contributed by atoms with van der Waals surface area (Å²) < 4.78 is 4.98. The first-order valence-electron chi connectivity index (χ1n) is 7.37. The quantitative estimate of drug-likeness (QED) is 0.890. The van der Waals surface area contributed by atoms with E-state index in [0.29, 0.717) is 30.6 Å². The number of aromatic nitrogens is 2. The first kappa shape index (κ1) is 14.0. The Bertz CT molecular complexity index is 556. The third-order valence-corrected chi connectivity index (χ3v) is 4.59. The number of fused-ring (bicyclic) bond motifs is 1. The topological polar surface area (TPSA) is 96.5 Å². The van der Waals surface area contributed by atoms with E-state index < -0.39 is 12.0 Å². The fourth-order valence-corrected chi connectivity index (χ4v) is 3.68. The van der Waals surface area contributed by atoms with Crippen LogP contribution in [0.25, 0.3) is 0 Å². The van der Waals surface area contributed by atoms with Gasteiger partial charge in [0.05, 0.1) is 0 Å². The molecule has 0 spiro atoms. The molecule has 1 aromatic rings. The second-order valence-electron chi connectivity index (χ2n) is 5.92. The maximum Gasteiger partial charge on any atom is 0.326 e. The van der Waals surface area contributed by atoms with Crippen molar-refractivity contribution in [3.8, 4) is 0 Å². The molecule has 1 N–H and O–H groups in total. The molecule has 2 aliphatic rings. The number of nitrogens with zero attached hydrogens (tertiary/aromatic N) is 3. The predicted octanol–water partition coefficient (Wildman–Crippen LogP) is 1.02. The molecule has 1 amide bonds. The standard InChI is InChI=1S/C14H19N3O4/c1-8-15-11(21-16-8)5-6-12(18)17-7-9-3-2-4-10(9)13(17)14(19)20/h9-10,13H,2-7H2,1H3,(H,19,20). The Kier molecular flexibility index (Phi) is 3.65. The van der Waals surface area contributed by atoms with Crippen LogP contribution in [0.15, 0.2) is 4.52 Å². The number of hydrogen-bond donors (Lipinski definition) is 1. The average Bonchev–Trinajstić information content (AvgIpc) is 3.09. The highest BCUT2D eigenvalue weighted by molar-refractivity contribution is 5.84. The second-order valence-corrected chi connectivity index (χ2v) is 5.92. The van der Waals surface area contributed by atoms with Gasteiger partial charge in [-0.05, 0) is 31.6 Å². The largest absolute Gasteiger partial charge is 0.480 e. The third kappa shape index (κ3) is 2.64. The number of aryl methyl sites for hydroxylation is 2. The summed E-state index contributed by atoms with van der Waals surface area (Å²) in [5, 5.41) is 13.1. The van der Waals surface area contributed by atoms with Gasteiger partial charge in [-0.1, -0.05) is 11.6 Å². The molecule has 1 aromatic heterocycles. The molecule has 1 aliphatic heterocycles. The summed E-state index contributed by atoms with van der Waals surface area (Å²) in [5.41, 5.74) is 0.